The Bertz CT molecular complexity index is 472. The summed E-state index contributed by atoms with van der Waals surface area (Å²) in [5.41, 5.74) is 0.798. The second kappa shape index (κ2) is 6.76. The highest BCUT2D eigenvalue weighted by Gasteiger charge is 2.29. The van der Waals surface area contributed by atoms with E-state index in [2.05, 4.69) is 19.6 Å². The molecule has 0 aromatic heterocycles. The lowest BCUT2D eigenvalue weighted by molar-refractivity contribution is -0.149. The Balaban J connectivity index is 2.96. The first-order valence-electron chi connectivity index (χ1n) is 7.06. The number of methoxy groups -OCH3 is 1. The van der Waals surface area contributed by atoms with Crippen molar-refractivity contribution >= 4 is 22.6 Å². The van der Waals surface area contributed by atoms with Crippen LogP contribution in [-0.4, -0.2) is 29.7 Å². The molecule has 1 rings (SSSR count). The van der Waals surface area contributed by atoms with Gasteiger partial charge < -0.3 is 13.6 Å². The Morgan fingerprint density at radius 3 is 1.86 bits per heavy atom. The van der Waals surface area contributed by atoms with Gasteiger partial charge in [-0.1, -0.05) is 12.1 Å². The normalized spacial score (nSPS) is 13.7. The molecule has 21 heavy (non-hydrogen) atoms. The van der Waals surface area contributed by atoms with Crippen LogP contribution in [0.5, 0.6) is 5.75 Å². The molecule has 1 atom stereocenters. The molecule has 0 amide bonds. The topological polar surface area (TPSA) is 44.8 Å². The molecule has 0 heterocycles. The zero-order chi connectivity index (χ0) is 16.3. The molecule has 118 valence electrons. The first-order chi connectivity index (χ1) is 9.52. The van der Waals surface area contributed by atoms with E-state index in [9.17, 15) is 4.79 Å². The second-order valence-corrected chi connectivity index (χ2v) is 15.8. The molecule has 1 aromatic rings. The zero-order valence-electron chi connectivity index (χ0n) is 14.0. The highest BCUT2D eigenvalue weighted by Crippen LogP contribution is 2.26. The fourth-order valence-electron chi connectivity index (χ4n) is 1.78. The summed E-state index contributed by atoms with van der Waals surface area (Å²) >= 11 is 0. The molecular formula is C15H26O4Si2. The third-order valence-corrected chi connectivity index (χ3v) is 4.28. The quantitative estimate of drug-likeness (QED) is 0.586. The van der Waals surface area contributed by atoms with Gasteiger partial charge in [0.05, 0.1) is 7.11 Å². The van der Waals surface area contributed by atoms with Gasteiger partial charge in [-0.2, -0.15) is 0 Å². The third-order valence-electron chi connectivity index (χ3n) is 2.49. The van der Waals surface area contributed by atoms with Crippen molar-refractivity contribution in [2.24, 2.45) is 0 Å². The average Bonchev–Trinajstić information content (AvgIpc) is 2.33. The zero-order valence-corrected chi connectivity index (χ0v) is 16.0. The van der Waals surface area contributed by atoms with Gasteiger partial charge in [0.15, 0.2) is 14.4 Å². The smallest absolute Gasteiger partial charge is 0.338 e. The molecule has 6 heteroatoms. The maximum atomic E-state index is 12.0. The third kappa shape index (κ3) is 6.45. The van der Waals surface area contributed by atoms with E-state index < -0.39 is 22.7 Å². The van der Waals surface area contributed by atoms with Crippen LogP contribution in [0.15, 0.2) is 24.3 Å². The highest BCUT2D eigenvalue weighted by molar-refractivity contribution is 6.70. The Hall–Kier alpha value is -1.12. The number of ether oxygens (including phenoxy) is 1. The van der Waals surface area contributed by atoms with Crippen LogP contribution in [0.25, 0.3) is 0 Å². The number of benzene rings is 1. The van der Waals surface area contributed by atoms with Crippen molar-refractivity contribution in [1.82, 2.24) is 0 Å². The number of hydrogen-bond donors (Lipinski definition) is 0. The van der Waals surface area contributed by atoms with Crippen LogP contribution in [-0.2, 0) is 14.0 Å². The summed E-state index contributed by atoms with van der Waals surface area (Å²) in [5, 5.41) is 0. The van der Waals surface area contributed by atoms with Gasteiger partial charge in [0.1, 0.15) is 5.75 Å². The number of carbonyl (C=O) groups excluding carboxylic acids is 1. The van der Waals surface area contributed by atoms with Crippen LogP contribution in [0, 0.1) is 0 Å². The first kappa shape index (κ1) is 17.9. The highest BCUT2D eigenvalue weighted by atomic mass is 28.4. The number of rotatable bonds is 6. The summed E-state index contributed by atoms with van der Waals surface area (Å²) in [5.74, 6) is 0.464. The van der Waals surface area contributed by atoms with Crippen LogP contribution in [0.4, 0.5) is 0 Å². The number of esters is 1. The van der Waals surface area contributed by atoms with E-state index >= 15 is 0 Å². The van der Waals surface area contributed by atoms with Crippen molar-refractivity contribution in [2.45, 2.75) is 45.4 Å². The van der Waals surface area contributed by atoms with E-state index in [1.54, 1.807) is 0 Å². The summed E-state index contributed by atoms with van der Waals surface area (Å²) in [6.45, 7) is 12.5. The van der Waals surface area contributed by atoms with E-state index in [-0.39, 0.29) is 5.97 Å². The van der Waals surface area contributed by atoms with Gasteiger partial charge in [0, 0.05) is 0 Å². The van der Waals surface area contributed by atoms with Crippen molar-refractivity contribution in [1.29, 1.82) is 0 Å². The molecule has 0 aliphatic heterocycles. The second-order valence-electron chi connectivity index (χ2n) is 6.92. The lowest BCUT2D eigenvalue weighted by atomic mass is 10.1. The predicted octanol–water partition coefficient (Wildman–Crippen LogP) is 3.97. The van der Waals surface area contributed by atoms with Gasteiger partial charge in [-0.15, -0.1) is 0 Å². The van der Waals surface area contributed by atoms with Crippen LogP contribution in [0.3, 0.4) is 0 Å². The van der Waals surface area contributed by atoms with Gasteiger partial charge in [0.25, 0.3) is 0 Å². The predicted molar refractivity (Wildman–Crippen MR) is 89.6 cm³/mol. The van der Waals surface area contributed by atoms with E-state index in [4.69, 9.17) is 13.6 Å². The molecule has 4 nitrogen and oxygen atoms in total. The van der Waals surface area contributed by atoms with E-state index in [0.717, 1.165) is 11.3 Å². The molecule has 0 aliphatic carbocycles. The summed E-state index contributed by atoms with van der Waals surface area (Å²) in [4.78, 5) is 12.0. The van der Waals surface area contributed by atoms with Gasteiger partial charge >= 0.3 is 5.97 Å². The molecule has 0 saturated heterocycles. The molecule has 0 radical (unpaired) electrons. The Morgan fingerprint density at radius 2 is 1.48 bits per heavy atom. The van der Waals surface area contributed by atoms with Crippen molar-refractivity contribution in [3.63, 3.8) is 0 Å². The van der Waals surface area contributed by atoms with E-state index in [1.807, 2.05) is 43.9 Å². The Labute approximate surface area is 129 Å². The fourth-order valence-corrected chi connectivity index (χ4v) is 3.56. The van der Waals surface area contributed by atoms with Gasteiger partial charge in [0.2, 0.25) is 8.32 Å². The van der Waals surface area contributed by atoms with Crippen molar-refractivity contribution in [2.75, 3.05) is 7.11 Å². The molecule has 0 N–H and O–H groups in total. The molecule has 0 spiro atoms. The molecule has 0 fully saturated rings. The van der Waals surface area contributed by atoms with Gasteiger partial charge in [-0.25, -0.2) is 4.79 Å². The summed E-state index contributed by atoms with van der Waals surface area (Å²) in [6, 6.07) is 7.52. The largest absolute Gasteiger partial charge is 0.544 e. The molecule has 0 unspecified atom stereocenters. The monoisotopic (exact) mass is 326 g/mol. The van der Waals surface area contributed by atoms with Gasteiger partial charge in [-0.3, -0.25) is 0 Å². The first-order valence-corrected chi connectivity index (χ1v) is 13.9. The Kier molecular flexibility index (Phi) is 5.78. The summed E-state index contributed by atoms with van der Waals surface area (Å²) < 4.78 is 16.7. The molecule has 0 saturated carbocycles. The number of hydrogen-bond acceptors (Lipinski definition) is 4. The van der Waals surface area contributed by atoms with E-state index in [1.165, 1.54) is 7.11 Å². The van der Waals surface area contributed by atoms with Crippen molar-refractivity contribution in [3.05, 3.63) is 29.8 Å². The average molecular weight is 327 g/mol. The molecule has 0 bridgehead atoms. The lowest BCUT2D eigenvalue weighted by Gasteiger charge is -2.25. The number of carbonyl (C=O) groups is 1. The summed E-state index contributed by atoms with van der Waals surface area (Å²) in [6.07, 6.45) is -0.664. The SMILES string of the molecule is COC(=O)[C@H](O[Si](C)(C)C)c1ccc(O[Si](C)(C)C)cc1. The minimum Gasteiger partial charge on any atom is -0.544 e. The Morgan fingerprint density at radius 1 is 0.952 bits per heavy atom. The van der Waals surface area contributed by atoms with Crippen molar-refractivity contribution in [3.8, 4) is 5.75 Å². The van der Waals surface area contributed by atoms with Gasteiger partial charge in [-0.05, 0) is 57.0 Å². The molecule has 0 aliphatic rings. The lowest BCUT2D eigenvalue weighted by Crippen LogP contribution is -2.32. The maximum absolute atomic E-state index is 12.0. The van der Waals surface area contributed by atoms with Crippen LogP contribution < -0.4 is 4.43 Å². The van der Waals surface area contributed by atoms with Crippen molar-refractivity contribution < 1.29 is 18.4 Å². The molecule has 1 aromatic carbocycles. The standard InChI is InChI=1S/C15H26O4Si2/c1-17-15(16)14(19-21(5,6)7)12-8-10-13(11-9-12)18-20(2,3)4/h8-11,14H,1-7H3/t14-/m1/s1. The molecular weight excluding hydrogens is 300 g/mol. The van der Waals surface area contributed by atoms with Crippen LogP contribution >= 0.6 is 0 Å². The van der Waals surface area contributed by atoms with E-state index in [0.29, 0.717) is 0 Å². The summed E-state index contributed by atoms with van der Waals surface area (Å²) in [7, 11) is -2.10. The maximum Gasteiger partial charge on any atom is 0.338 e. The van der Waals surface area contributed by atoms with Crippen LogP contribution in [0.2, 0.25) is 39.3 Å². The van der Waals surface area contributed by atoms with Crippen LogP contribution in [0.1, 0.15) is 11.7 Å². The minimum absolute atomic E-state index is 0.365. The fraction of sp³-hybridized carbons (Fsp3) is 0.533. The minimum atomic E-state index is -1.86.